The van der Waals surface area contributed by atoms with E-state index in [0.29, 0.717) is 0 Å². The molecule has 0 unspecified atom stereocenters. The van der Waals surface area contributed by atoms with Crippen LogP contribution in [0.5, 0.6) is 0 Å². The molecule has 0 aliphatic carbocycles. The molecule has 0 saturated carbocycles. The summed E-state index contributed by atoms with van der Waals surface area (Å²) in [5.74, 6) is 5.71. The van der Waals surface area contributed by atoms with Gasteiger partial charge in [-0.05, 0) is 36.1 Å². The molecule has 2 aromatic rings. The highest BCUT2D eigenvalue weighted by Gasteiger charge is 1.82. The van der Waals surface area contributed by atoms with E-state index < -0.39 is 0 Å². The monoisotopic (exact) mass is 218 g/mol. The van der Waals surface area contributed by atoms with Gasteiger partial charge in [0.25, 0.3) is 0 Å². The fraction of sp³-hybridized carbons (Fsp3) is 0. The van der Waals surface area contributed by atoms with E-state index in [9.17, 15) is 0 Å². The number of hydrogen-bond acceptors (Lipinski definition) is 1. The molecule has 0 amide bonds. The highest BCUT2D eigenvalue weighted by Crippen LogP contribution is 1.95. The van der Waals surface area contributed by atoms with Crippen LogP contribution in [0.1, 0.15) is 11.1 Å². The molecule has 0 N–H and O–H groups in total. The third-order valence-corrected chi connectivity index (χ3v) is 2.04. The predicted octanol–water partition coefficient (Wildman–Crippen LogP) is 3.02. The van der Waals surface area contributed by atoms with Crippen LogP contribution in [-0.2, 0) is 4.74 Å². The minimum Gasteiger partial charge on any atom is -0.356 e. The van der Waals surface area contributed by atoms with Crippen molar-refractivity contribution in [2.24, 2.45) is 0 Å². The van der Waals surface area contributed by atoms with Gasteiger partial charge in [0.15, 0.2) is 0 Å². The van der Waals surface area contributed by atoms with E-state index >= 15 is 0 Å². The fourth-order valence-corrected chi connectivity index (χ4v) is 1.24. The summed E-state index contributed by atoms with van der Waals surface area (Å²) in [5.41, 5.74) is 1.82. The Balaban J connectivity index is 1.93. The summed E-state index contributed by atoms with van der Waals surface area (Å²) in [4.78, 5) is 0. The van der Waals surface area contributed by atoms with Crippen molar-refractivity contribution < 1.29 is 4.74 Å². The highest BCUT2D eigenvalue weighted by molar-refractivity contribution is 5.34. The molecule has 0 fully saturated rings. The van der Waals surface area contributed by atoms with Crippen molar-refractivity contribution in [1.29, 1.82) is 0 Å². The van der Waals surface area contributed by atoms with Crippen molar-refractivity contribution >= 4 is 0 Å². The largest absolute Gasteiger partial charge is 0.356 e. The number of hydrogen-bond donors (Lipinski definition) is 0. The van der Waals surface area contributed by atoms with Crippen LogP contribution < -0.4 is 0 Å². The molecule has 0 radical (unpaired) electrons. The number of rotatable bonds is 0. The number of benzene rings is 2. The quantitative estimate of drug-likeness (QED) is 0.617. The van der Waals surface area contributed by atoms with Crippen LogP contribution in [-0.4, -0.2) is 0 Å². The smallest absolute Gasteiger partial charge is 0.135 e. The van der Waals surface area contributed by atoms with Gasteiger partial charge in [-0.1, -0.05) is 36.4 Å². The molecule has 2 rings (SSSR count). The van der Waals surface area contributed by atoms with Gasteiger partial charge in [0.1, 0.15) is 12.2 Å². The van der Waals surface area contributed by atoms with Crippen molar-refractivity contribution in [2.45, 2.75) is 0 Å². The average molecular weight is 218 g/mol. The van der Waals surface area contributed by atoms with Gasteiger partial charge in [0, 0.05) is 11.1 Å². The SMILES string of the molecule is C(#Cc1ccccc1)OC#Cc1ccccc1. The topological polar surface area (TPSA) is 9.23 Å². The minimum atomic E-state index is 0.911. The molecular weight excluding hydrogens is 208 g/mol. The fourth-order valence-electron chi connectivity index (χ4n) is 1.24. The van der Waals surface area contributed by atoms with Gasteiger partial charge < -0.3 is 4.74 Å². The Kier molecular flexibility index (Phi) is 3.87. The second-order valence-electron chi connectivity index (χ2n) is 3.29. The summed E-state index contributed by atoms with van der Waals surface area (Å²) >= 11 is 0. The normalized spacial score (nSPS) is 8.24. The summed E-state index contributed by atoms with van der Waals surface area (Å²) in [6.07, 6.45) is 5.10. The molecule has 0 aliphatic rings. The predicted molar refractivity (Wildman–Crippen MR) is 67.7 cm³/mol. The Labute approximate surface area is 101 Å². The van der Waals surface area contributed by atoms with Crippen LogP contribution in [0.15, 0.2) is 60.7 Å². The van der Waals surface area contributed by atoms with Crippen molar-refractivity contribution in [1.82, 2.24) is 0 Å². The van der Waals surface area contributed by atoms with Gasteiger partial charge in [-0.2, -0.15) is 0 Å². The van der Waals surface area contributed by atoms with Crippen LogP contribution in [0.25, 0.3) is 0 Å². The van der Waals surface area contributed by atoms with Crippen LogP contribution >= 0.6 is 0 Å². The summed E-state index contributed by atoms with van der Waals surface area (Å²) in [6, 6.07) is 19.3. The van der Waals surface area contributed by atoms with Gasteiger partial charge in [-0.25, -0.2) is 0 Å². The molecule has 0 bridgehead atoms. The van der Waals surface area contributed by atoms with Crippen molar-refractivity contribution in [3.63, 3.8) is 0 Å². The molecular formula is C16H10O. The maximum absolute atomic E-state index is 4.92. The van der Waals surface area contributed by atoms with E-state index in [2.05, 4.69) is 24.1 Å². The Bertz CT molecular complexity index is 522. The summed E-state index contributed by atoms with van der Waals surface area (Å²) < 4.78 is 4.92. The molecule has 0 aliphatic heterocycles. The Morgan fingerprint density at radius 2 is 1.00 bits per heavy atom. The van der Waals surface area contributed by atoms with Gasteiger partial charge in [0.2, 0.25) is 0 Å². The molecule has 0 atom stereocenters. The zero-order valence-electron chi connectivity index (χ0n) is 9.18. The lowest BCUT2D eigenvalue weighted by molar-refractivity contribution is 0.479. The third-order valence-electron chi connectivity index (χ3n) is 2.04. The van der Waals surface area contributed by atoms with E-state index in [1.165, 1.54) is 0 Å². The maximum atomic E-state index is 4.92. The zero-order chi connectivity index (χ0) is 11.8. The van der Waals surface area contributed by atoms with E-state index in [4.69, 9.17) is 4.74 Å². The van der Waals surface area contributed by atoms with Crippen LogP contribution in [0.4, 0.5) is 0 Å². The molecule has 0 heterocycles. The lowest BCUT2D eigenvalue weighted by Crippen LogP contribution is -1.74. The van der Waals surface area contributed by atoms with E-state index in [1.807, 2.05) is 60.7 Å². The molecule has 0 aromatic heterocycles. The van der Waals surface area contributed by atoms with E-state index in [-0.39, 0.29) is 0 Å². The van der Waals surface area contributed by atoms with E-state index in [0.717, 1.165) is 11.1 Å². The van der Waals surface area contributed by atoms with Crippen LogP contribution in [0.2, 0.25) is 0 Å². The van der Waals surface area contributed by atoms with Crippen molar-refractivity contribution in [3.05, 3.63) is 71.8 Å². The van der Waals surface area contributed by atoms with Gasteiger partial charge >= 0.3 is 0 Å². The van der Waals surface area contributed by atoms with Crippen LogP contribution in [0.3, 0.4) is 0 Å². The first kappa shape index (κ1) is 10.9. The zero-order valence-corrected chi connectivity index (χ0v) is 9.18. The Hall–Kier alpha value is -2.64. The van der Waals surface area contributed by atoms with Gasteiger partial charge in [-0.3, -0.25) is 0 Å². The first-order valence-electron chi connectivity index (χ1n) is 5.23. The minimum absolute atomic E-state index is 0.911. The Morgan fingerprint density at radius 3 is 1.41 bits per heavy atom. The second-order valence-corrected chi connectivity index (χ2v) is 3.29. The maximum Gasteiger partial charge on any atom is 0.135 e. The lowest BCUT2D eigenvalue weighted by Gasteiger charge is -1.86. The van der Waals surface area contributed by atoms with Crippen molar-refractivity contribution in [3.8, 4) is 24.1 Å². The second kappa shape index (κ2) is 6.05. The van der Waals surface area contributed by atoms with Crippen LogP contribution in [0, 0.1) is 24.1 Å². The molecule has 0 saturated heterocycles. The molecule has 2 aromatic carbocycles. The highest BCUT2D eigenvalue weighted by atomic mass is 16.5. The molecule has 1 nitrogen and oxygen atoms in total. The van der Waals surface area contributed by atoms with Gasteiger partial charge in [0.05, 0.1) is 0 Å². The summed E-state index contributed by atoms with van der Waals surface area (Å²) in [5, 5.41) is 0. The molecule has 1 heteroatoms. The van der Waals surface area contributed by atoms with Crippen molar-refractivity contribution in [2.75, 3.05) is 0 Å². The molecule has 0 spiro atoms. The standard InChI is InChI=1S/C16H10O/c1-3-7-15(8-4-1)11-13-17-14-12-16-9-5-2-6-10-16/h1-10H. The lowest BCUT2D eigenvalue weighted by atomic mass is 10.2. The first-order chi connectivity index (χ1) is 8.45. The summed E-state index contributed by atoms with van der Waals surface area (Å²) in [6.45, 7) is 0. The average Bonchev–Trinajstić information content (AvgIpc) is 2.41. The van der Waals surface area contributed by atoms with Gasteiger partial charge in [-0.15, -0.1) is 0 Å². The van der Waals surface area contributed by atoms with E-state index in [1.54, 1.807) is 0 Å². The Morgan fingerprint density at radius 1 is 0.588 bits per heavy atom. The molecule has 17 heavy (non-hydrogen) atoms. The summed E-state index contributed by atoms with van der Waals surface area (Å²) in [7, 11) is 0. The first-order valence-corrected chi connectivity index (χ1v) is 5.23. The number of ether oxygens (including phenoxy) is 1. The third kappa shape index (κ3) is 3.78. The molecule has 80 valence electrons.